The molecule has 5 heteroatoms. The van der Waals surface area contributed by atoms with Crippen LogP contribution in [0.3, 0.4) is 0 Å². The number of aromatic nitrogens is 2. The lowest BCUT2D eigenvalue weighted by Gasteiger charge is -2.17. The van der Waals surface area contributed by atoms with Crippen molar-refractivity contribution in [3.8, 4) is 17.2 Å². The number of rotatable bonds is 2. The van der Waals surface area contributed by atoms with Crippen LogP contribution in [0.5, 0.6) is 5.75 Å². The summed E-state index contributed by atoms with van der Waals surface area (Å²) in [4.78, 5) is 4.45. The summed E-state index contributed by atoms with van der Waals surface area (Å²) in [5.41, 5.74) is 0.573. The largest absolute Gasteiger partial charge is 0.507 e. The molecule has 0 saturated heterocycles. The van der Waals surface area contributed by atoms with Crippen molar-refractivity contribution in [1.29, 1.82) is 0 Å². The molecule has 2 aromatic rings. The molecule has 1 N–H and O–H groups in total. The maximum absolute atomic E-state index is 9.86. The van der Waals surface area contributed by atoms with Crippen LogP contribution in [0.15, 0.2) is 27.2 Å². The number of benzene rings is 1. The molecule has 4 nitrogen and oxygen atoms in total. The van der Waals surface area contributed by atoms with Gasteiger partial charge in [-0.15, -0.1) is 0 Å². The number of phenolic OH excluding ortho intramolecular Hbond substituents is 1. The van der Waals surface area contributed by atoms with Crippen molar-refractivity contribution in [3.63, 3.8) is 0 Å². The number of hydrogen-bond acceptors (Lipinski definition) is 4. The van der Waals surface area contributed by atoms with E-state index in [0.29, 0.717) is 17.4 Å². The van der Waals surface area contributed by atoms with E-state index in [1.165, 1.54) is 19.3 Å². The monoisotopic (exact) mass is 322 g/mol. The van der Waals surface area contributed by atoms with E-state index in [9.17, 15) is 5.11 Å². The highest BCUT2D eigenvalue weighted by Crippen LogP contribution is 2.34. The highest BCUT2D eigenvalue weighted by molar-refractivity contribution is 9.10. The topological polar surface area (TPSA) is 59.2 Å². The maximum Gasteiger partial charge on any atom is 0.261 e. The Morgan fingerprint density at radius 3 is 2.79 bits per heavy atom. The lowest BCUT2D eigenvalue weighted by molar-refractivity contribution is 0.384. The van der Waals surface area contributed by atoms with Crippen molar-refractivity contribution >= 4 is 15.9 Å². The van der Waals surface area contributed by atoms with Gasteiger partial charge in [-0.2, -0.15) is 4.98 Å². The van der Waals surface area contributed by atoms with Gasteiger partial charge in [0.1, 0.15) is 5.75 Å². The molecule has 1 saturated carbocycles. The lowest BCUT2D eigenvalue weighted by atomic mass is 9.89. The fourth-order valence-electron chi connectivity index (χ4n) is 2.55. The molecule has 1 heterocycles. The molecule has 19 heavy (non-hydrogen) atoms. The molecule has 1 aromatic heterocycles. The van der Waals surface area contributed by atoms with Gasteiger partial charge in [0.15, 0.2) is 5.82 Å². The summed E-state index contributed by atoms with van der Waals surface area (Å²) in [5.74, 6) is 1.72. The Bertz CT molecular complexity index is 577. The summed E-state index contributed by atoms with van der Waals surface area (Å²) in [5, 5.41) is 13.9. The second-order valence-electron chi connectivity index (χ2n) is 4.95. The molecule has 1 aromatic carbocycles. The minimum Gasteiger partial charge on any atom is -0.507 e. The van der Waals surface area contributed by atoms with Gasteiger partial charge in [0.25, 0.3) is 5.89 Å². The van der Waals surface area contributed by atoms with Crippen molar-refractivity contribution < 1.29 is 9.63 Å². The minimum atomic E-state index is 0.155. The molecule has 3 rings (SSSR count). The van der Waals surface area contributed by atoms with Crippen LogP contribution < -0.4 is 0 Å². The van der Waals surface area contributed by atoms with E-state index < -0.39 is 0 Å². The fraction of sp³-hybridized carbons (Fsp3) is 0.429. The lowest BCUT2D eigenvalue weighted by Crippen LogP contribution is -2.06. The summed E-state index contributed by atoms with van der Waals surface area (Å²) >= 11 is 3.38. The molecule has 1 fully saturated rings. The maximum atomic E-state index is 9.86. The van der Waals surface area contributed by atoms with Crippen LogP contribution in [-0.4, -0.2) is 15.2 Å². The van der Waals surface area contributed by atoms with Gasteiger partial charge in [0.2, 0.25) is 0 Å². The zero-order chi connectivity index (χ0) is 13.2. The Balaban J connectivity index is 1.89. The number of nitrogens with zero attached hydrogens (tertiary/aromatic N) is 2. The van der Waals surface area contributed by atoms with Gasteiger partial charge in [-0.25, -0.2) is 0 Å². The third kappa shape index (κ3) is 2.66. The number of aromatic hydroxyl groups is 1. The van der Waals surface area contributed by atoms with Gasteiger partial charge >= 0.3 is 0 Å². The predicted molar refractivity (Wildman–Crippen MR) is 74.9 cm³/mol. The predicted octanol–water partition coefficient (Wildman–Crippen LogP) is 4.25. The molecule has 0 spiro atoms. The second kappa shape index (κ2) is 5.33. The van der Waals surface area contributed by atoms with Gasteiger partial charge in [0, 0.05) is 10.4 Å². The minimum absolute atomic E-state index is 0.155. The molecular weight excluding hydrogens is 308 g/mol. The normalized spacial score (nSPS) is 16.7. The third-order valence-corrected chi connectivity index (χ3v) is 4.09. The van der Waals surface area contributed by atoms with E-state index in [-0.39, 0.29) is 5.75 Å². The highest BCUT2D eigenvalue weighted by atomic mass is 79.9. The van der Waals surface area contributed by atoms with Crippen LogP contribution in [0, 0.1) is 0 Å². The molecule has 0 radical (unpaired) electrons. The second-order valence-corrected chi connectivity index (χ2v) is 5.87. The van der Waals surface area contributed by atoms with Crippen LogP contribution in [-0.2, 0) is 0 Å². The molecule has 1 aliphatic rings. The van der Waals surface area contributed by atoms with Crippen molar-refractivity contribution in [2.75, 3.05) is 0 Å². The van der Waals surface area contributed by atoms with Crippen LogP contribution in [0.4, 0.5) is 0 Å². The van der Waals surface area contributed by atoms with E-state index >= 15 is 0 Å². The summed E-state index contributed by atoms with van der Waals surface area (Å²) in [7, 11) is 0. The number of hydrogen-bond donors (Lipinski definition) is 1. The molecule has 0 unspecified atom stereocenters. The van der Waals surface area contributed by atoms with Gasteiger partial charge in [-0.3, -0.25) is 0 Å². The highest BCUT2D eigenvalue weighted by Gasteiger charge is 2.22. The molecule has 1 aliphatic carbocycles. The van der Waals surface area contributed by atoms with Crippen molar-refractivity contribution in [2.45, 2.75) is 38.0 Å². The first-order chi connectivity index (χ1) is 9.24. The SMILES string of the molecule is Oc1ccc(Br)cc1-c1nc(C2CCCCC2)no1. The number of phenols is 1. The summed E-state index contributed by atoms with van der Waals surface area (Å²) in [6.45, 7) is 0. The van der Waals surface area contributed by atoms with Gasteiger partial charge < -0.3 is 9.63 Å². The first-order valence-corrected chi connectivity index (χ1v) is 7.36. The Hall–Kier alpha value is -1.36. The molecule has 0 aliphatic heterocycles. The third-order valence-electron chi connectivity index (χ3n) is 3.60. The Morgan fingerprint density at radius 2 is 2.00 bits per heavy atom. The van der Waals surface area contributed by atoms with E-state index in [4.69, 9.17) is 4.52 Å². The standard InChI is InChI=1S/C14H15BrN2O2/c15-10-6-7-12(18)11(8-10)14-16-13(17-19-14)9-4-2-1-3-5-9/h6-9,18H,1-5H2. The van der Waals surface area contributed by atoms with E-state index in [1.54, 1.807) is 18.2 Å². The first-order valence-electron chi connectivity index (χ1n) is 6.56. The molecule has 0 bridgehead atoms. The van der Waals surface area contributed by atoms with E-state index in [0.717, 1.165) is 23.1 Å². The zero-order valence-corrected chi connectivity index (χ0v) is 12.1. The fourth-order valence-corrected chi connectivity index (χ4v) is 2.91. The summed E-state index contributed by atoms with van der Waals surface area (Å²) in [6, 6.07) is 5.18. The average Bonchev–Trinajstić information content (AvgIpc) is 2.92. The molecular formula is C14H15BrN2O2. The van der Waals surface area contributed by atoms with Crippen LogP contribution in [0.1, 0.15) is 43.8 Å². The summed E-state index contributed by atoms with van der Waals surface area (Å²) in [6.07, 6.45) is 6.02. The summed E-state index contributed by atoms with van der Waals surface area (Å²) < 4.78 is 6.17. The Morgan fingerprint density at radius 1 is 1.21 bits per heavy atom. The van der Waals surface area contributed by atoms with Crippen molar-refractivity contribution in [2.24, 2.45) is 0 Å². The quantitative estimate of drug-likeness (QED) is 0.897. The zero-order valence-electron chi connectivity index (χ0n) is 10.5. The van der Waals surface area contributed by atoms with Crippen molar-refractivity contribution in [1.82, 2.24) is 10.1 Å². The number of halogens is 1. The molecule has 0 atom stereocenters. The van der Waals surface area contributed by atoms with Gasteiger partial charge in [-0.1, -0.05) is 40.3 Å². The van der Waals surface area contributed by atoms with Crippen molar-refractivity contribution in [3.05, 3.63) is 28.5 Å². The molecule has 0 amide bonds. The van der Waals surface area contributed by atoms with E-state index in [2.05, 4.69) is 26.1 Å². The van der Waals surface area contributed by atoms with Crippen LogP contribution in [0.2, 0.25) is 0 Å². The van der Waals surface area contributed by atoms with Gasteiger partial charge in [0.05, 0.1) is 5.56 Å². The van der Waals surface area contributed by atoms with E-state index in [1.807, 2.05) is 0 Å². The smallest absolute Gasteiger partial charge is 0.261 e. The molecule has 100 valence electrons. The Kier molecular flexibility index (Phi) is 3.55. The first kappa shape index (κ1) is 12.7. The van der Waals surface area contributed by atoms with Crippen LogP contribution >= 0.6 is 15.9 Å². The average molecular weight is 323 g/mol. The van der Waals surface area contributed by atoms with Crippen LogP contribution in [0.25, 0.3) is 11.5 Å². The Labute approximate surface area is 120 Å². The van der Waals surface area contributed by atoms with Gasteiger partial charge in [-0.05, 0) is 31.0 Å².